The smallest absolute Gasteiger partial charge is 0.0624 e. The SMILES string of the molecule is Cc1cc(C)n(CCC(C)(C)CCc2ccn(CCC(C)(C)C)n2)n1. The molecule has 0 radical (unpaired) electrons. The van der Waals surface area contributed by atoms with E-state index in [0.29, 0.717) is 10.8 Å². The van der Waals surface area contributed by atoms with Crippen molar-refractivity contribution >= 4 is 0 Å². The van der Waals surface area contributed by atoms with Gasteiger partial charge in [-0.25, -0.2) is 0 Å². The van der Waals surface area contributed by atoms with E-state index in [0.717, 1.165) is 44.5 Å². The molecule has 4 nitrogen and oxygen atoms in total. The van der Waals surface area contributed by atoms with E-state index < -0.39 is 0 Å². The van der Waals surface area contributed by atoms with Gasteiger partial charge in [0.15, 0.2) is 0 Å². The third-order valence-electron chi connectivity index (χ3n) is 4.95. The zero-order valence-electron chi connectivity index (χ0n) is 17.3. The van der Waals surface area contributed by atoms with E-state index in [1.807, 2.05) is 0 Å². The molecular weight excluding hydrogens is 308 g/mol. The molecule has 2 aromatic heterocycles. The summed E-state index contributed by atoms with van der Waals surface area (Å²) in [6.07, 6.45) is 6.63. The third kappa shape index (κ3) is 6.68. The molecule has 4 heteroatoms. The van der Waals surface area contributed by atoms with Gasteiger partial charge in [-0.05, 0) is 62.5 Å². The Labute approximate surface area is 153 Å². The molecule has 0 bridgehead atoms. The largest absolute Gasteiger partial charge is 0.272 e. The Morgan fingerprint density at radius 1 is 0.920 bits per heavy atom. The van der Waals surface area contributed by atoms with Crippen molar-refractivity contribution in [1.29, 1.82) is 0 Å². The zero-order valence-corrected chi connectivity index (χ0v) is 17.3. The Morgan fingerprint density at radius 3 is 2.24 bits per heavy atom. The van der Waals surface area contributed by atoms with Crippen LogP contribution in [-0.4, -0.2) is 19.6 Å². The highest BCUT2D eigenvalue weighted by Crippen LogP contribution is 2.28. The lowest BCUT2D eigenvalue weighted by Gasteiger charge is -2.24. The maximum absolute atomic E-state index is 4.75. The van der Waals surface area contributed by atoms with Gasteiger partial charge in [-0.15, -0.1) is 0 Å². The quantitative estimate of drug-likeness (QED) is 0.661. The van der Waals surface area contributed by atoms with Crippen molar-refractivity contribution < 1.29 is 0 Å². The van der Waals surface area contributed by atoms with Crippen molar-refractivity contribution in [2.45, 2.75) is 87.2 Å². The van der Waals surface area contributed by atoms with Gasteiger partial charge in [0, 0.05) is 25.0 Å². The first-order valence-corrected chi connectivity index (χ1v) is 9.58. The van der Waals surface area contributed by atoms with Crippen molar-refractivity contribution in [3.05, 3.63) is 35.4 Å². The second kappa shape index (κ2) is 7.76. The van der Waals surface area contributed by atoms with E-state index in [9.17, 15) is 0 Å². The molecule has 2 aromatic rings. The molecule has 0 spiro atoms. The molecule has 0 aliphatic heterocycles. The number of nitrogens with zero attached hydrogens (tertiary/aromatic N) is 4. The van der Waals surface area contributed by atoms with E-state index in [2.05, 4.69) is 81.3 Å². The molecule has 2 heterocycles. The lowest BCUT2D eigenvalue weighted by Crippen LogP contribution is -2.17. The van der Waals surface area contributed by atoms with Gasteiger partial charge in [0.25, 0.3) is 0 Å². The molecule has 0 amide bonds. The van der Waals surface area contributed by atoms with E-state index in [1.54, 1.807) is 0 Å². The number of rotatable bonds is 8. The van der Waals surface area contributed by atoms with Gasteiger partial charge < -0.3 is 0 Å². The fraction of sp³-hybridized carbons (Fsp3) is 0.714. The van der Waals surface area contributed by atoms with Crippen LogP contribution >= 0.6 is 0 Å². The van der Waals surface area contributed by atoms with Crippen LogP contribution in [0.4, 0.5) is 0 Å². The minimum absolute atomic E-state index is 0.293. The van der Waals surface area contributed by atoms with Gasteiger partial charge in [0.2, 0.25) is 0 Å². The molecule has 0 aliphatic carbocycles. The maximum Gasteiger partial charge on any atom is 0.0624 e. The fourth-order valence-corrected chi connectivity index (χ4v) is 3.01. The summed E-state index contributed by atoms with van der Waals surface area (Å²) >= 11 is 0. The second-order valence-corrected chi connectivity index (χ2v) is 9.45. The van der Waals surface area contributed by atoms with Gasteiger partial charge in [-0.3, -0.25) is 9.36 Å². The molecule has 25 heavy (non-hydrogen) atoms. The minimum atomic E-state index is 0.293. The predicted molar refractivity (Wildman–Crippen MR) is 105 cm³/mol. The molecule has 0 N–H and O–H groups in total. The number of aryl methyl sites for hydroxylation is 5. The highest BCUT2D eigenvalue weighted by molar-refractivity contribution is 5.06. The molecule has 0 fully saturated rings. The van der Waals surface area contributed by atoms with Crippen LogP contribution in [0.3, 0.4) is 0 Å². The maximum atomic E-state index is 4.75. The average Bonchev–Trinajstić information content (AvgIpc) is 3.07. The molecule has 2 rings (SSSR count). The lowest BCUT2D eigenvalue weighted by molar-refractivity contribution is 0.280. The Hall–Kier alpha value is -1.58. The Kier molecular flexibility index (Phi) is 6.12. The molecule has 0 unspecified atom stereocenters. The van der Waals surface area contributed by atoms with Crippen LogP contribution in [0.2, 0.25) is 0 Å². The monoisotopic (exact) mass is 344 g/mol. The highest BCUT2D eigenvalue weighted by Gasteiger charge is 2.19. The average molecular weight is 345 g/mol. The normalized spacial score (nSPS) is 12.8. The Bertz CT molecular complexity index is 670. The minimum Gasteiger partial charge on any atom is -0.272 e. The fourth-order valence-electron chi connectivity index (χ4n) is 3.01. The topological polar surface area (TPSA) is 35.6 Å². The first-order valence-electron chi connectivity index (χ1n) is 9.58. The van der Waals surface area contributed by atoms with Crippen LogP contribution < -0.4 is 0 Å². The molecule has 140 valence electrons. The van der Waals surface area contributed by atoms with Crippen LogP contribution in [0.5, 0.6) is 0 Å². The lowest BCUT2D eigenvalue weighted by atomic mass is 9.84. The standard InChI is InChI=1S/C21H36N4/c1-17-16-18(2)25(22-17)15-12-21(6,7)10-8-19-9-13-24(23-19)14-11-20(3,4)5/h9,13,16H,8,10-12,14-15H2,1-7H3. The van der Waals surface area contributed by atoms with E-state index in [1.165, 1.54) is 11.4 Å². The predicted octanol–water partition coefficient (Wildman–Crippen LogP) is 5.18. The first-order chi connectivity index (χ1) is 11.5. The van der Waals surface area contributed by atoms with Crippen molar-refractivity contribution in [3.63, 3.8) is 0 Å². The molecule has 0 saturated heterocycles. The summed E-state index contributed by atoms with van der Waals surface area (Å²) in [6, 6.07) is 4.33. The Balaban J connectivity index is 1.81. The van der Waals surface area contributed by atoms with Crippen LogP contribution in [0.1, 0.15) is 71.0 Å². The van der Waals surface area contributed by atoms with Crippen molar-refractivity contribution in [3.8, 4) is 0 Å². The van der Waals surface area contributed by atoms with Gasteiger partial charge >= 0.3 is 0 Å². The number of hydrogen-bond donors (Lipinski definition) is 0. The molecule has 0 aliphatic rings. The van der Waals surface area contributed by atoms with E-state index in [-0.39, 0.29) is 0 Å². The summed E-state index contributed by atoms with van der Waals surface area (Å²) in [5.41, 5.74) is 4.23. The van der Waals surface area contributed by atoms with Crippen LogP contribution in [0, 0.1) is 24.7 Å². The molecule has 0 saturated carbocycles. The van der Waals surface area contributed by atoms with Gasteiger partial charge in [-0.2, -0.15) is 10.2 Å². The van der Waals surface area contributed by atoms with Crippen molar-refractivity contribution in [2.75, 3.05) is 0 Å². The molecule has 0 atom stereocenters. The summed E-state index contributed by atoms with van der Waals surface area (Å²) in [5, 5.41) is 9.33. The molecule has 0 aromatic carbocycles. The molecular formula is C21H36N4. The number of aromatic nitrogens is 4. The Morgan fingerprint density at radius 2 is 1.64 bits per heavy atom. The zero-order chi connectivity index (χ0) is 18.7. The van der Waals surface area contributed by atoms with Gasteiger partial charge in [-0.1, -0.05) is 34.6 Å². The first kappa shape index (κ1) is 19.7. The second-order valence-electron chi connectivity index (χ2n) is 9.45. The third-order valence-corrected chi connectivity index (χ3v) is 4.95. The van der Waals surface area contributed by atoms with Crippen LogP contribution in [0.15, 0.2) is 18.3 Å². The summed E-state index contributed by atoms with van der Waals surface area (Å²) in [5.74, 6) is 0. The van der Waals surface area contributed by atoms with E-state index >= 15 is 0 Å². The number of hydrogen-bond acceptors (Lipinski definition) is 2. The summed E-state index contributed by atoms with van der Waals surface area (Å²) in [7, 11) is 0. The van der Waals surface area contributed by atoms with Crippen LogP contribution in [0.25, 0.3) is 0 Å². The summed E-state index contributed by atoms with van der Waals surface area (Å²) in [6.45, 7) is 17.7. The van der Waals surface area contributed by atoms with Crippen molar-refractivity contribution in [1.82, 2.24) is 19.6 Å². The van der Waals surface area contributed by atoms with Gasteiger partial charge in [0.05, 0.1) is 11.4 Å². The summed E-state index contributed by atoms with van der Waals surface area (Å²) < 4.78 is 4.24. The highest BCUT2D eigenvalue weighted by atomic mass is 15.3. The van der Waals surface area contributed by atoms with Crippen molar-refractivity contribution in [2.24, 2.45) is 10.8 Å². The van der Waals surface area contributed by atoms with E-state index in [4.69, 9.17) is 5.10 Å². The van der Waals surface area contributed by atoms with Crippen LogP contribution in [-0.2, 0) is 19.5 Å². The summed E-state index contributed by atoms with van der Waals surface area (Å²) in [4.78, 5) is 0. The van der Waals surface area contributed by atoms with Gasteiger partial charge in [0.1, 0.15) is 0 Å².